The summed E-state index contributed by atoms with van der Waals surface area (Å²) in [5.41, 5.74) is 0.807. The molecule has 0 aromatic rings. The maximum Gasteiger partial charge on any atom is 0.183 e. The smallest absolute Gasteiger partial charge is 0.183 e. The van der Waals surface area contributed by atoms with Crippen molar-refractivity contribution in [3.8, 4) is 0 Å². The Hall–Kier alpha value is -1.25. The number of ketones is 1. The molecule has 100 valence electrons. The van der Waals surface area contributed by atoms with Gasteiger partial charge in [-0.3, -0.25) is 4.79 Å². The van der Waals surface area contributed by atoms with Gasteiger partial charge in [-0.15, -0.1) is 0 Å². The molecule has 0 radical (unpaired) electrons. The van der Waals surface area contributed by atoms with E-state index < -0.39 is 0 Å². The maximum atomic E-state index is 12.3. The molecule has 0 N–H and O–H groups in total. The average Bonchev–Trinajstić information content (AvgIpc) is 2.98. The molecule has 1 saturated heterocycles. The highest BCUT2D eigenvalue weighted by atomic mass is 16.5. The van der Waals surface area contributed by atoms with Gasteiger partial charge >= 0.3 is 0 Å². The number of carbonyl (C=O) groups is 1. The van der Waals surface area contributed by atoms with Crippen molar-refractivity contribution in [3.05, 3.63) is 24.6 Å². The molecular formula is C15H23NO2. The third-order valence-electron chi connectivity index (χ3n) is 3.30. The number of rotatable bonds is 4. The van der Waals surface area contributed by atoms with Crippen LogP contribution in [0.4, 0.5) is 0 Å². The van der Waals surface area contributed by atoms with Crippen LogP contribution in [-0.4, -0.2) is 28.9 Å². The summed E-state index contributed by atoms with van der Waals surface area (Å²) >= 11 is 0. The van der Waals surface area contributed by atoms with E-state index >= 15 is 0 Å². The van der Waals surface area contributed by atoms with Crippen LogP contribution >= 0.6 is 0 Å². The number of carbonyl (C=O) groups excluding carboxylic acids is 1. The van der Waals surface area contributed by atoms with Gasteiger partial charge in [-0.25, -0.2) is 0 Å². The first kappa shape index (κ1) is 13.2. The van der Waals surface area contributed by atoms with E-state index in [0.29, 0.717) is 18.2 Å². The third kappa shape index (κ3) is 2.95. The number of ether oxygens (including phenoxy) is 1. The van der Waals surface area contributed by atoms with Crippen LogP contribution in [0.5, 0.6) is 0 Å². The molecule has 0 amide bonds. The van der Waals surface area contributed by atoms with E-state index in [0.717, 1.165) is 24.8 Å². The highest BCUT2D eigenvalue weighted by Crippen LogP contribution is 2.37. The first-order valence-electron chi connectivity index (χ1n) is 6.63. The van der Waals surface area contributed by atoms with E-state index in [1.807, 2.05) is 25.7 Å². The summed E-state index contributed by atoms with van der Waals surface area (Å²) in [6.45, 7) is 14.6. The minimum absolute atomic E-state index is 0.0974. The minimum Gasteiger partial charge on any atom is -0.474 e. The molecule has 2 fully saturated rings. The Morgan fingerprint density at radius 2 is 2.00 bits per heavy atom. The van der Waals surface area contributed by atoms with Gasteiger partial charge in [0, 0.05) is 12.5 Å². The standard InChI is InChI=1S/C15H23NO2/c1-10-8-13(14(17)12-6-7-12)16(9-10)11(2)18-15(3,4)5/h12-13H,1-2,6-9H2,3-5H3/t13-/m0/s1. The number of likely N-dealkylation sites (tertiary alicyclic amines) is 1. The van der Waals surface area contributed by atoms with E-state index in [1.54, 1.807) is 0 Å². The topological polar surface area (TPSA) is 29.5 Å². The molecule has 0 bridgehead atoms. The summed E-state index contributed by atoms with van der Waals surface area (Å²) in [5.74, 6) is 1.21. The molecule has 2 aliphatic rings. The largest absolute Gasteiger partial charge is 0.474 e. The summed E-state index contributed by atoms with van der Waals surface area (Å²) in [7, 11) is 0. The lowest BCUT2D eigenvalue weighted by atomic mass is 10.1. The van der Waals surface area contributed by atoms with Crippen LogP contribution < -0.4 is 0 Å². The highest BCUT2D eigenvalue weighted by Gasteiger charge is 2.41. The van der Waals surface area contributed by atoms with E-state index in [2.05, 4.69) is 13.2 Å². The van der Waals surface area contributed by atoms with Gasteiger partial charge in [0.15, 0.2) is 11.7 Å². The fraction of sp³-hybridized carbons (Fsp3) is 0.667. The Bertz CT molecular complexity index is 388. The molecule has 1 heterocycles. The fourth-order valence-corrected chi connectivity index (χ4v) is 2.37. The van der Waals surface area contributed by atoms with Crippen LogP contribution in [0.15, 0.2) is 24.6 Å². The summed E-state index contributed by atoms with van der Waals surface area (Å²) in [4.78, 5) is 14.2. The Kier molecular flexibility index (Phi) is 3.26. The van der Waals surface area contributed by atoms with E-state index in [9.17, 15) is 4.79 Å². The van der Waals surface area contributed by atoms with Crippen LogP contribution in [-0.2, 0) is 9.53 Å². The number of hydrogen-bond acceptors (Lipinski definition) is 3. The van der Waals surface area contributed by atoms with Crippen molar-refractivity contribution in [2.45, 2.75) is 51.7 Å². The van der Waals surface area contributed by atoms with Crippen molar-refractivity contribution in [2.75, 3.05) is 6.54 Å². The van der Waals surface area contributed by atoms with Crippen LogP contribution in [0.1, 0.15) is 40.0 Å². The van der Waals surface area contributed by atoms with Crippen molar-refractivity contribution in [1.29, 1.82) is 0 Å². The van der Waals surface area contributed by atoms with Crippen molar-refractivity contribution in [2.24, 2.45) is 5.92 Å². The molecule has 2 rings (SSSR count). The maximum absolute atomic E-state index is 12.3. The first-order chi connectivity index (χ1) is 8.28. The molecule has 0 aromatic carbocycles. The molecule has 0 spiro atoms. The van der Waals surface area contributed by atoms with Crippen LogP contribution in [0, 0.1) is 5.92 Å². The second-order valence-corrected chi connectivity index (χ2v) is 6.38. The zero-order valence-electron chi connectivity index (χ0n) is 11.7. The van der Waals surface area contributed by atoms with Gasteiger partial charge in [-0.05, 0) is 46.6 Å². The predicted octanol–water partition coefficient (Wildman–Crippen LogP) is 2.88. The quantitative estimate of drug-likeness (QED) is 0.567. The van der Waals surface area contributed by atoms with Gasteiger partial charge in [-0.2, -0.15) is 0 Å². The van der Waals surface area contributed by atoms with Gasteiger partial charge in [0.1, 0.15) is 5.60 Å². The molecular weight excluding hydrogens is 226 g/mol. The summed E-state index contributed by atoms with van der Waals surface area (Å²) in [6, 6.07) is -0.0974. The lowest BCUT2D eigenvalue weighted by molar-refractivity contribution is -0.125. The lowest BCUT2D eigenvalue weighted by Crippen LogP contribution is -2.38. The fourth-order valence-electron chi connectivity index (χ4n) is 2.37. The monoisotopic (exact) mass is 249 g/mol. The summed E-state index contributed by atoms with van der Waals surface area (Å²) in [6.07, 6.45) is 2.84. The Morgan fingerprint density at radius 1 is 1.39 bits per heavy atom. The molecule has 3 nitrogen and oxygen atoms in total. The zero-order valence-corrected chi connectivity index (χ0v) is 11.7. The third-order valence-corrected chi connectivity index (χ3v) is 3.30. The van der Waals surface area contributed by atoms with Gasteiger partial charge in [0.2, 0.25) is 0 Å². The Balaban J connectivity index is 2.06. The molecule has 1 aliphatic carbocycles. The SMILES string of the molecule is C=C1C[C@@H](C(=O)C2CC2)N(C(=C)OC(C)(C)C)C1. The first-order valence-corrected chi connectivity index (χ1v) is 6.63. The molecule has 1 atom stereocenters. The molecule has 18 heavy (non-hydrogen) atoms. The van der Waals surface area contributed by atoms with E-state index in [-0.39, 0.29) is 17.6 Å². The number of Topliss-reactive ketones (excluding diaryl/α,β-unsaturated/α-hetero) is 1. The summed E-state index contributed by atoms with van der Waals surface area (Å²) < 4.78 is 5.79. The van der Waals surface area contributed by atoms with Crippen LogP contribution in [0.25, 0.3) is 0 Å². The van der Waals surface area contributed by atoms with Gasteiger partial charge in [-0.1, -0.05) is 12.2 Å². The van der Waals surface area contributed by atoms with Crippen LogP contribution in [0.3, 0.4) is 0 Å². The van der Waals surface area contributed by atoms with Crippen molar-refractivity contribution in [1.82, 2.24) is 4.90 Å². The lowest BCUT2D eigenvalue weighted by Gasteiger charge is -2.31. The second-order valence-electron chi connectivity index (χ2n) is 6.38. The van der Waals surface area contributed by atoms with Crippen molar-refractivity contribution < 1.29 is 9.53 Å². The van der Waals surface area contributed by atoms with E-state index in [1.165, 1.54) is 0 Å². The van der Waals surface area contributed by atoms with Crippen LogP contribution in [0.2, 0.25) is 0 Å². The molecule has 0 aromatic heterocycles. The predicted molar refractivity (Wildman–Crippen MR) is 72.0 cm³/mol. The molecule has 1 aliphatic heterocycles. The van der Waals surface area contributed by atoms with Gasteiger partial charge in [0.05, 0.1) is 6.04 Å². The number of nitrogens with zero attached hydrogens (tertiary/aromatic N) is 1. The van der Waals surface area contributed by atoms with E-state index in [4.69, 9.17) is 4.74 Å². The highest BCUT2D eigenvalue weighted by molar-refractivity contribution is 5.89. The molecule has 1 saturated carbocycles. The number of hydrogen-bond donors (Lipinski definition) is 0. The van der Waals surface area contributed by atoms with Crippen molar-refractivity contribution >= 4 is 5.78 Å². The normalized spacial score (nSPS) is 24.3. The minimum atomic E-state index is -0.284. The Morgan fingerprint density at radius 3 is 2.50 bits per heavy atom. The zero-order chi connectivity index (χ0) is 13.5. The molecule has 0 unspecified atom stereocenters. The summed E-state index contributed by atoms with van der Waals surface area (Å²) in [5, 5.41) is 0. The average molecular weight is 249 g/mol. The second kappa shape index (κ2) is 4.45. The van der Waals surface area contributed by atoms with Crippen molar-refractivity contribution in [3.63, 3.8) is 0 Å². The molecule has 3 heteroatoms. The Labute approximate surface area is 109 Å². The van der Waals surface area contributed by atoms with Gasteiger partial charge < -0.3 is 9.64 Å². The van der Waals surface area contributed by atoms with Gasteiger partial charge in [0.25, 0.3) is 0 Å².